The number of nitrogens with one attached hydrogen (secondary N) is 2. The Bertz CT molecular complexity index is 651. The second-order valence-electron chi connectivity index (χ2n) is 5.33. The molecule has 0 amide bonds. The molecule has 1 aromatic carbocycles. The lowest BCUT2D eigenvalue weighted by molar-refractivity contribution is 0.0904. The second-order valence-corrected chi connectivity index (χ2v) is 5.77. The molecule has 2 aromatic rings. The van der Waals surface area contributed by atoms with E-state index in [0.717, 1.165) is 42.9 Å². The Morgan fingerprint density at radius 1 is 1.18 bits per heavy atom. The molecule has 0 saturated carbocycles. The van der Waals surface area contributed by atoms with Crippen LogP contribution in [0.2, 0.25) is 5.02 Å². The average Bonchev–Trinajstić information content (AvgIpc) is 2.56. The summed E-state index contributed by atoms with van der Waals surface area (Å²) in [5.74, 6) is 0. The van der Waals surface area contributed by atoms with Crippen LogP contribution in [0.3, 0.4) is 0 Å². The average molecular weight is 316 g/mol. The molecule has 1 fully saturated rings. The van der Waals surface area contributed by atoms with E-state index >= 15 is 0 Å². The third-order valence-corrected chi connectivity index (χ3v) is 4.06. The number of anilines is 1. The summed E-state index contributed by atoms with van der Waals surface area (Å²) in [6.07, 6.45) is 5.45. The highest BCUT2D eigenvalue weighted by atomic mass is 35.5. The Kier molecular flexibility index (Phi) is 4.71. The molecule has 22 heavy (non-hydrogen) atoms. The van der Waals surface area contributed by atoms with Crippen LogP contribution >= 0.6 is 11.6 Å². The van der Waals surface area contributed by atoms with Crippen molar-refractivity contribution in [3.05, 3.63) is 58.9 Å². The zero-order valence-corrected chi connectivity index (χ0v) is 12.9. The van der Waals surface area contributed by atoms with Gasteiger partial charge in [-0.2, -0.15) is 0 Å². The molecular weight excluding hydrogens is 298 g/mol. The Balaban J connectivity index is 1.83. The van der Waals surface area contributed by atoms with E-state index in [1.807, 2.05) is 18.2 Å². The molecule has 114 valence electrons. The van der Waals surface area contributed by atoms with Crippen LogP contribution in [0, 0.1) is 5.41 Å². The van der Waals surface area contributed by atoms with Crippen LogP contribution in [0.5, 0.6) is 0 Å². The highest BCUT2D eigenvalue weighted by molar-refractivity contribution is 6.30. The van der Waals surface area contributed by atoms with Crippen LogP contribution in [0.25, 0.3) is 0 Å². The van der Waals surface area contributed by atoms with Crippen LogP contribution in [0.1, 0.15) is 24.0 Å². The number of benzene rings is 1. The second kappa shape index (κ2) is 6.90. The van der Waals surface area contributed by atoms with E-state index in [1.165, 1.54) is 0 Å². The molecule has 0 radical (unpaired) electrons. The fourth-order valence-corrected chi connectivity index (χ4v) is 2.68. The first-order valence-electron chi connectivity index (χ1n) is 7.37. The number of halogens is 1. The maximum Gasteiger partial charge on any atom is 0.0720 e. The van der Waals surface area contributed by atoms with Gasteiger partial charge >= 0.3 is 0 Å². The van der Waals surface area contributed by atoms with Crippen molar-refractivity contribution in [2.75, 3.05) is 18.5 Å². The standard InChI is InChI=1S/C17H18ClN3O/c18-13-3-1-12(2-4-13)17(19)15-11-20-8-5-16(15)21-14-6-9-22-10-7-14/h1-5,8,11,14,19H,6-7,9-10H2,(H,20,21). The molecule has 0 spiro atoms. The molecule has 5 heteroatoms. The van der Waals surface area contributed by atoms with Gasteiger partial charge in [-0.25, -0.2) is 0 Å². The Morgan fingerprint density at radius 3 is 2.64 bits per heavy atom. The summed E-state index contributed by atoms with van der Waals surface area (Å²) in [6.45, 7) is 1.57. The predicted molar refractivity (Wildman–Crippen MR) is 89.1 cm³/mol. The molecule has 0 aliphatic carbocycles. The minimum atomic E-state index is 0.382. The van der Waals surface area contributed by atoms with Gasteiger partial charge in [-0.1, -0.05) is 23.7 Å². The first-order valence-corrected chi connectivity index (χ1v) is 7.75. The minimum Gasteiger partial charge on any atom is -0.381 e. The molecule has 3 rings (SSSR count). The van der Waals surface area contributed by atoms with Gasteiger partial charge < -0.3 is 10.1 Å². The molecule has 4 nitrogen and oxygen atoms in total. The van der Waals surface area contributed by atoms with Gasteiger partial charge in [-0.05, 0) is 31.0 Å². The quantitative estimate of drug-likeness (QED) is 0.845. The molecule has 0 bridgehead atoms. The van der Waals surface area contributed by atoms with E-state index < -0.39 is 0 Å². The van der Waals surface area contributed by atoms with Crippen LogP contribution < -0.4 is 5.32 Å². The van der Waals surface area contributed by atoms with Crippen molar-refractivity contribution in [2.24, 2.45) is 0 Å². The van der Waals surface area contributed by atoms with Crippen molar-refractivity contribution < 1.29 is 4.74 Å². The third-order valence-electron chi connectivity index (χ3n) is 3.80. The van der Waals surface area contributed by atoms with Crippen molar-refractivity contribution in [3.63, 3.8) is 0 Å². The molecular formula is C17H18ClN3O. The summed E-state index contributed by atoms with van der Waals surface area (Å²) in [5, 5.41) is 12.6. The highest BCUT2D eigenvalue weighted by Gasteiger charge is 2.16. The predicted octanol–water partition coefficient (Wildman–Crippen LogP) is 3.74. The first kappa shape index (κ1) is 15.0. The van der Waals surface area contributed by atoms with Crippen molar-refractivity contribution in [2.45, 2.75) is 18.9 Å². The van der Waals surface area contributed by atoms with E-state index in [1.54, 1.807) is 24.5 Å². The monoisotopic (exact) mass is 315 g/mol. The van der Waals surface area contributed by atoms with E-state index in [2.05, 4.69) is 10.3 Å². The smallest absolute Gasteiger partial charge is 0.0720 e. The maximum absolute atomic E-state index is 8.45. The van der Waals surface area contributed by atoms with Gasteiger partial charge in [0, 0.05) is 53.5 Å². The molecule has 2 heterocycles. The number of rotatable bonds is 4. The molecule has 0 atom stereocenters. The zero-order valence-electron chi connectivity index (χ0n) is 12.2. The summed E-state index contributed by atoms with van der Waals surface area (Å²) in [5.41, 5.74) is 3.02. The van der Waals surface area contributed by atoms with Gasteiger partial charge in [0.05, 0.1) is 5.71 Å². The number of pyridine rings is 1. The lowest BCUT2D eigenvalue weighted by Gasteiger charge is -2.25. The van der Waals surface area contributed by atoms with Crippen molar-refractivity contribution in [1.29, 1.82) is 5.41 Å². The number of nitrogens with zero attached hydrogens (tertiary/aromatic N) is 1. The van der Waals surface area contributed by atoms with Crippen molar-refractivity contribution in [1.82, 2.24) is 4.98 Å². The van der Waals surface area contributed by atoms with Gasteiger partial charge in [-0.15, -0.1) is 0 Å². The Hall–Kier alpha value is -1.91. The Morgan fingerprint density at radius 2 is 1.91 bits per heavy atom. The number of aromatic nitrogens is 1. The molecule has 1 aromatic heterocycles. The summed E-state index contributed by atoms with van der Waals surface area (Å²) < 4.78 is 5.39. The minimum absolute atomic E-state index is 0.382. The van der Waals surface area contributed by atoms with E-state index in [-0.39, 0.29) is 0 Å². The zero-order chi connectivity index (χ0) is 15.4. The lowest BCUT2D eigenvalue weighted by atomic mass is 10.0. The maximum atomic E-state index is 8.45. The van der Waals surface area contributed by atoms with Crippen LogP contribution in [-0.4, -0.2) is 30.0 Å². The molecule has 1 aliphatic rings. The lowest BCUT2D eigenvalue weighted by Crippen LogP contribution is -2.28. The molecule has 1 aliphatic heterocycles. The first-order chi connectivity index (χ1) is 10.7. The SMILES string of the molecule is N=C(c1ccc(Cl)cc1)c1cnccc1NC1CCOCC1. The highest BCUT2D eigenvalue weighted by Crippen LogP contribution is 2.22. The molecule has 2 N–H and O–H groups in total. The van der Waals surface area contributed by atoms with Crippen molar-refractivity contribution >= 4 is 23.0 Å². The van der Waals surface area contributed by atoms with E-state index in [4.69, 9.17) is 21.7 Å². The van der Waals surface area contributed by atoms with Gasteiger partial charge in [-0.3, -0.25) is 10.4 Å². The molecule has 0 unspecified atom stereocenters. The van der Waals surface area contributed by atoms with E-state index in [0.29, 0.717) is 16.8 Å². The summed E-state index contributed by atoms with van der Waals surface area (Å²) >= 11 is 5.92. The van der Waals surface area contributed by atoms with E-state index in [9.17, 15) is 0 Å². The normalized spacial score (nSPS) is 15.5. The van der Waals surface area contributed by atoms with Crippen LogP contribution in [0.15, 0.2) is 42.7 Å². The summed E-state index contributed by atoms with van der Waals surface area (Å²) in [6, 6.07) is 9.62. The number of hydrogen-bond acceptors (Lipinski definition) is 4. The summed E-state index contributed by atoms with van der Waals surface area (Å²) in [7, 11) is 0. The largest absolute Gasteiger partial charge is 0.381 e. The van der Waals surface area contributed by atoms with Gasteiger partial charge in [0.15, 0.2) is 0 Å². The number of hydrogen-bond donors (Lipinski definition) is 2. The Labute approximate surface area is 135 Å². The van der Waals surface area contributed by atoms with Gasteiger partial charge in [0.2, 0.25) is 0 Å². The van der Waals surface area contributed by atoms with Crippen LogP contribution in [-0.2, 0) is 4.74 Å². The van der Waals surface area contributed by atoms with Crippen LogP contribution in [0.4, 0.5) is 5.69 Å². The molecule has 1 saturated heterocycles. The van der Waals surface area contributed by atoms with Gasteiger partial charge in [0.1, 0.15) is 0 Å². The number of ether oxygens (including phenoxy) is 1. The third kappa shape index (κ3) is 3.46. The van der Waals surface area contributed by atoms with Crippen molar-refractivity contribution in [3.8, 4) is 0 Å². The topological polar surface area (TPSA) is 58.0 Å². The fourth-order valence-electron chi connectivity index (χ4n) is 2.55. The fraction of sp³-hybridized carbons (Fsp3) is 0.294. The van der Waals surface area contributed by atoms with Gasteiger partial charge in [0.25, 0.3) is 0 Å². The summed E-state index contributed by atoms with van der Waals surface area (Å²) in [4.78, 5) is 4.17.